The van der Waals surface area contributed by atoms with E-state index in [1.807, 2.05) is 0 Å². The van der Waals surface area contributed by atoms with Crippen molar-refractivity contribution in [1.82, 2.24) is 0 Å². The van der Waals surface area contributed by atoms with Gasteiger partial charge in [-0.15, -0.1) is 0 Å². The molecule has 202 valence electrons. The first-order chi connectivity index (χ1) is 16.8. The third-order valence-electron chi connectivity index (χ3n) is 7.10. The van der Waals surface area contributed by atoms with Gasteiger partial charge in [0, 0.05) is 0 Å². The molecule has 0 rings (SSSR count). The van der Waals surface area contributed by atoms with Crippen LogP contribution in [0, 0.1) is 0 Å². The van der Waals surface area contributed by atoms with Crippen LogP contribution in [-0.4, -0.2) is 11.2 Å². The first-order valence-electron chi connectivity index (χ1n) is 15.8. The van der Waals surface area contributed by atoms with Crippen LogP contribution >= 0.6 is 0 Å². The second-order valence-corrected chi connectivity index (χ2v) is 10.7. The van der Waals surface area contributed by atoms with Crippen molar-refractivity contribution in [2.24, 2.45) is 0 Å². The quantitative estimate of drug-likeness (QED) is 0.0879. The van der Waals surface area contributed by atoms with Gasteiger partial charge in [0.1, 0.15) is 0 Å². The summed E-state index contributed by atoms with van der Waals surface area (Å²) in [4.78, 5) is 0. The Bertz CT molecular complexity index is 373. The first-order valence-corrected chi connectivity index (χ1v) is 15.8. The number of aliphatic hydroxyl groups excluding tert-OH is 1. The number of unbranched alkanes of at least 4 members (excludes halogenated alkanes) is 20. The van der Waals surface area contributed by atoms with Crippen LogP contribution < -0.4 is 0 Å². The maximum Gasteiger partial charge on any atom is 0.0540 e. The molecule has 0 unspecified atom stereocenters. The molecule has 0 aliphatic heterocycles. The molecular weight excluding hydrogens is 412 g/mol. The molecule has 0 aromatic rings. The molecule has 1 heteroatoms. The van der Waals surface area contributed by atoms with Crippen molar-refractivity contribution in [1.29, 1.82) is 0 Å². The van der Waals surface area contributed by atoms with Crippen molar-refractivity contribution in [3.05, 3.63) is 24.3 Å². The maximum absolute atomic E-state index is 10.2. The molecule has 0 saturated carbocycles. The Labute approximate surface area is 216 Å². The van der Waals surface area contributed by atoms with E-state index in [1.165, 1.54) is 154 Å². The number of aliphatic hydroxyl groups is 1. The Kier molecular flexibility index (Phi) is 30.0. The Hall–Kier alpha value is -0.560. The molecule has 0 aliphatic rings. The number of hydrogen-bond acceptors (Lipinski definition) is 1. The highest BCUT2D eigenvalue weighted by Gasteiger charge is 2.03. The van der Waals surface area contributed by atoms with Crippen molar-refractivity contribution in [2.45, 2.75) is 187 Å². The zero-order valence-corrected chi connectivity index (χ0v) is 23.7. The van der Waals surface area contributed by atoms with Gasteiger partial charge >= 0.3 is 0 Å². The van der Waals surface area contributed by atoms with Crippen LogP contribution in [0.5, 0.6) is 0 Å². The van der Waals surface area contributed by atoms with E-state index in [-0.39, 0.29) is 6.10 Å². The lowest BCUT2D eigenvalue weighted by molar-refractivity contribution is 0.147. The zero-order chi connectivity index (χ0) is 24.8. The summed E-state index contributed by atoms with van der Waals surface area (Å²) in [6.45, 7) is 4.55. The second kappa shape index (κ2) is 30.5. The largest absolute Gasteiger partial charge is 0.393 e. The SMILES string of the molecule is CCCCCCC=CCCCCCCCCC(O)CCCCCCCCC=CCCCCCC. The average molecular weight is 477 g/mol. The Morgan fingerprint density at radius 1 is 0.382 bits per heavy atom. The molecule has 0 aromatic carbocycles. The van der Waals surface area contributed by atoms with Gasteiger partial charge < -0.3 is 5.11 Å². The molecule has 0 heterocycles. The fourth-order valence-electron chi connectivity index (χ4n) is 4.69. The Balaban J connectivity index is 3.22. The van der Waals surface area contributed by atoms with E-state index in [2.05, 4.69) is 38.2 Å². The standard InChI is InChI=1S/C33H64O/c1-3-5-7-9-11-13-15-17-19-21-23-25-27-29-31-33(34)32-30-28-26-24-22-20-18-16-14-12-10-8-6-4-2/h13-16,33-34H,3-12,17-32H2,1-2H3. The van der Waals surface area contributed by atoms with Crippen molar-refractivity contribution >= 4 is 0 Å². The monoisotopic (exact) mass is 476 g/mol. The number of hydrogen-bond donors (Lipinski definition) is 1. The lowest BCUT2D eigenvalue weighted by Crippen LogP contribution is -2.05. The van der Waals surface area contributed by atoms with Gasteiger partial charge in [0.2, 0.25) is 0 Å². The van der Waals surface area contributed by atoms with Gasteiger partial charge in [-0.2, -0.15) is 0 Å². The van der Waals surface area contributed by atoms with E-state index in [0.29, 0.717) is 0 Å². The van der Waals surface area contributed by atoms with E-state index in [1.54, 1.807) is 0 Å². The molecule has 1 nitrogen and oxygen atoms in total. The average Bonchev–Trinajstić information content (AvgIpc) is 2.84. The third-order valence-corrected chi connectivity index (χ3v) is 7.10. The van der Waals surface area contributed by atoms with Crippen LogP contribution in [0.15, 0.2) is 24.3 Å². The molecule has 0 spiro atoms. The highest BCUT2D eigenvalue weighted by atomic mass is 16.3. The van der Waals surface area contributed by atoms with E-state index >= 15 is 0 Å². The molecular formula is C33H64O. The predicted octanol–water partition coefficient (Wildman–Crippen LogP) is 11.6. The molecule has 0 bridgehead atoms. The molecule has 0 amide bonds. The van der Waals surface area contributed by atoms with Crippen LogP contribution in [0.1, 0.15) is 181 Å². The van der Waals surface area contributed by atoms with Crippen LogP contribution in [0.2, 0.25) is 0 Å². The number of allylic oxidation sites excluding steroid dienone is 4. The summed E-state index contributed by atoms with van der Waals surface area (Å²) in [5.41, 5.74) is 0. The summed E-state index contributed by atoms with van der Waals surface area (Å²) < 4.78 is 0. The van der Waals surface area contributed by atoms with Gasteiger partial charge in [0.15, 0.2) is 0 Å². The van der Waals surface area contributed by atoms with E-state index < -0.39 is 0 Å². The smallest absolute Gasteiger partial charge is 0.0540 e. The molecule has 34 heavy (non-hydrogen) atoms. The Morgan fingerprint density at radius 3 is 0.971 bits per heavy atom. The van der Waals surface area contributed by atoms with Crippen LogP contribution in [0.25, 0.3) is 0 Å². The molecule has 0 radical (unpaired) electrons. The van der Waals surface area contributed by atoms with E-state index in [9.17, 15) is 5.11 Å². The van der Waals surface area contributed by atoms with Crippen molar-refractivity contribution < 1.29 is 5.11 Å². The maximum atomic E-state index is 10.2. The fourth-order valence-corrected chi connectivity index (χ4v) is 4.69. The Morgan fingerprint density at radius 2 is 0.647 bits per heavy atom. The zero-order valence-electron chi connectivity index (χ0n) is 23.7. The molecule has 1 N–H and O–H groups in total. The van der Waals surface area contributed by atoms with Crippen molar-refractivity contribution in [2.75, 3.05) is 0 Å². The second-order valence-electron chi connectivity index (χ2n) is 10.7. The summed E-state index contributed by atoms with van der Waals surface area (Å²) in [6, 6.07) is 0. The summed E-state index contributed by atoms with van der Waals surface area (Å²) in [6.07, 6.45) is 43.6. The van der Waals surface area contributed by atoms with Gasteiger partial charge in [-0.1, -0.05) is 141 Å². The normalized spacial score (nSPS) is 12.9. The molecule has 0 fully saturated rings. The van der Waals surface area contributed by atoms with E-state index in [4.69, 9.17) is 0 Å². The molecule has 0 atom stereocenters. The van der Waals surface area contributed by atoms with Crippen LogP contribution in [0.4, 0.5) is 0 Å². The lowest BCUT2D eigenvalue weighted by atomic mass is 10.0. The number of rotatable bonds is 28. The van der Waals surface area contributed by atoms with Crippen molar-refractivity contribution in [3.63, 3.8) is 0 Å². The minimum atomic E-state index is -0.0510. The van der Waals surface area contributed by atoms with Gasteiger partial charge in [-0.05, 0) is 64.2 Å². The lowest BCUT2D eigenvalue weighted by Gasteiger charge is -2.10. The fraction of sp³-hybridized carbons (Fsp3) is 0.879. The van der Waals surface area contributed by atoms with Crippen molar-refractivity contribution in [3.8, 4) is 0 Å². The highest BCUT2D eigenvalue weighted by Crippen LogP contribution is 2.15. The van der Waals surface area contributed by atoms with Gasteiger partial charge in [0.05, 0.1) is 6.10 Å². The topological polar surface area (TPSA) is 20.2 Å². The van der Waals surface area contributed by atoms with Gasteiger partial charge in [-0.3, -0.25) is 0 Å². The third kappa shape index (κ3) is 29.5. The van der Waals surface area contributed by atoms with Crippen LogP contribution in [0.3, 0.4) is 0 Å². The van der Waals surface area contributed by atoms with E-state index in [0.717, 1.165) is 12.8 Å². The molecule has 0 aliphatic carbocycles. The molecule has 0 saturated heterocycles. The van der Waals surface area contributed by atoms with Crippen LogP contribution in [-0.2, 0) is 0 Å². The first kappa shape index (κ1) is 33.4. The minimum Gasteiger partial charge on any atom is -0.393 e. The van der Waals surface area contributed by atoms with Gasteiger partial charge in [-0.25, -0.2) is 0 Å². The molecule has 0 aromatic heterocycles. The summed E-state index contributed by atoms with van der Waals surface area (Å²) >= 11 is 0. The summed E-state index contributed by atoms with van der Waals surface area (Å²) in [5.74, 6) is 0. The van der Waals surface area contributed by atoms with Gasteiger partial charge in [0.25, 0.3) is 0 Å². The predicted molar refractivity (Wildman–Crippen MR) is 156 cm³/mol. The highest BCUT2D eigenvalue weighted by molar-refractivity contribution is 4.82. The summed E-state index contributed by atoms with van der Waals surface area (Å²) in [7, 11) is 0. The minimum absolute atomic E-state index is 0.0510. The summed E-state index contributed by atoms with van der Waals surface area (Å²) in [5, 5.41) is 10.2.